The van der Waals surface area contributed by atoms with Crippen LogP contribution in [0.5, 0.6) is 0 Å². The maximum atomic E-state index is 11.5. The normalized spacial score (nSPS) is 30.3. The summed E-state index contributed by atoms with van der Waals surface area (Å²) >= 11 is 0. The van der Waals surface area contributed by atoms with Crippen LogP contribution in [0.1, 0.15) is 52.4 Å². The average molecular weight is 254 g/mol. The first-order valence-electron chi connectivity index (χ1n) is 6.86. The molecule has 102 valence electrons. The Bertz CT molecular complexity index is 331. The monoisotopic (exact) mass is 254 g/mol. The zero-order chi connectivity index (χ0) is 13.2. The summed E-state index contributed by atoms with van der Waals surface area (Å²) in [5, 5.41) is 0. The van der Waals surface area contributed by atoms with E-state index >= 15 is 0 Å². The molecule has 1 saturated carbocycles. The van der Waals surface area contributed by atoms with Crippen LogP contribution in [-0.4, -0.2) is 24.1 Å². The second kappa shape index (κ2) is 5.39. The number of ether oxygens (including phenoxy) is 2. The van der Waals surface area contributed by atoms with Crippen molar-refractivity contribution >= 4 is 11.9 Å². The minimum absolute atomic E-state index is 0.0837. The topological polar surface area (TPSA) is 52.6 Å². The van der Waals surface area contributed by atoms with Crippen LogP contribution in [-0.2, 0) is 19.1 Å². The van der Waals surface area contributed by atoms with Crippen molar-refractivity contribution in [1.82, 2.24) is 0 Å². The van der Waals surface area contributed by atoms with Crippen molar-refractivity contribution in [2.24, 2.45) is 11.8 Å². The summed E-state index contributed by atoms with van der Waals surface area (Å²) < 4.78 is 10.6. The Kier molecular flexibility index (Phi) is 4.05. The van der Waals surface area contributed by atoms with E-state index in [4.69, 9.17) is 4.74 Å². The van der Waals surface area contributed by atoms with Crippen LogP contribution in [0.2, 0.25) is 0 Å². The standard InChI is InChI=1S/C14H22O4/c1-10-8-14(5-3-4-6-14)17-9-12(10)7-13(16)18-11(2)15/h10,12H,3-9H2,1-2H3. The van der Waals surface area contributed by atoms with Gasteiger partial charge >= 0.3 is 11.9 Å². The summed E-state index contributed by atoms with van der Waals surface area (Å²) in [5.74, 6) is -0.318. The lowest BCUT2D eigenvalue weighted by Gasteiger charge is -2.41. The highest BCUT2D eigenvalue weighted by atomic mass is 16.6. The largest absolute Gasteiger partial charge is 0.393 e. The molecule has 0 aromatic heterocycles. The molecule has 1 spiro atoms. The highest BCUT2D eigenvalue weighted by Gasteiger charge is 2.42. The van der Waals surface area contributed by atoms with Crippen LogP contribution in [0.3, 0.4) is 0 Å². The summed E-state index contributed by atoms with van der Waals surface area (Å²) in [6.45, 7) is 4.05. The molecule has 1 saturated heterocycles. The highest BCUT2D eigenvalue weighted by Crippen LogP contribution is 2.44. The molecule has 2 rings (SSSR count). The van der Waals surface area contributed by atoms with Gasteiger partial charge in [-0.1, -0.05) is 19.8 Å². The summed E-state index contributed by atoms with van der Waals surface area (Å²) in [4.78, 5) is 22.2. The predicted molar refractivity (Wildman–Crippen MR) is 65.8 cm³/mol. The summed E-state index contributed by atoms with van der Waals surface area (Å²) in [6.07, 6.45) is 6.14. The van der Waals surface area contributed by atoms with E-state index < -0.39 is 11.9 Å². The molecule has 1 aliphatic heterocycles. The van der Waals surface area contributed by atoms with Crippen molar-refractivity contribution in [2.45, 2.75) is 58.0 Å². The zero-order valence-electron chi connectivity index (χ0n) is 11.2. The van der Waals surface area contributed by atoms with E-state index in [1.807, 2.05) is 0 Å². The molecule has 0 bridgehead atoms. The summed E-state index contributed by atoms with van der Waals surface area (Å²) in [6, 6.07) is 0. The fourth-order valence-electron chi connectivity index (χ4n) is 3.30. The Morgan fingerprint density at radius 1 is 1.33 bits per heavy atom. The highest BCUT2D eigenvalue weighted by molar-refractivity contribution is 5.84. The van der Waals surface area contributed by atoms with Gasteiger partial charge in [0.15, 0.2) is 0 Å². The maximum absolute atomic E-state index is 11.5. The number of carbonyl (C=O) groups excluding carboxylic acids is 2. The molecule has 0 amide bonds. The molecule has 0 N–H and O–H groups in total. The summed E-state index contributed by atoms with van der Waals surface area (Å²) in [5.41, 5.74) is 0.0837. The van der Waals surface area contributed by atoms with Crippen molar-refractivity contribution < 1.29 is 19.1 Å². The Morgan fingerprint density at radius 3 is 2.56 bits per heavy atom. The van der Waals surface area contributed by atoms with Crippen molar-refractivity contribution in [3.05, 3.63) is 0 Å². The zero-order valence-corrected chi connectivity index (χ0v) is 11.2. The maximum Gasteiger partial charge on any atom is 0.313 e. The van der Waals surface area contributed by atoms with Gasteiger partial charge < -0.3 is 9.47 Å². The van der Waals surface area contributed by atoms with Crippen LogP contribution in [0.25, 0.3) is 0 Å². The lowest BCUT2D eigenvalue weighted by molar-refractivity contribution is -0.163. The summed E-state index contributed by atoms with van der Waals surface area (Å²) in [7, 11) is 0. The van der Waals surface area contributed by atoms with Crippen LogP contribution in [0.4, 0.5) is 0 Å². The minimum Gasteiger partial charge on any atom is -0.393 e. The first kappa shape index (κ1) is 13.5. The molecule has 0 aromatic rings. The lowest BCUT2D eigenvalue weighted by Crippen LogP contribution is -2.42. The van der Waals surface area contributed by atoms with E-state index in [1.165, 1.54) is 19.8 Å². The molecule has 1 aliphatic carbocycles. The molecule has 0 aromatic carbocycles. The van der Waals surface area contributed by atoms with Crippen molar-refractivity contribution in [3.8, 4) is 0 Å². The molecule has 4 heteroatoms. The van der Waals surface area contributed by atoms with Gasteiger partial charge in [0.1, 0.15) is 0 Å². The van der Waals surface area contributed by atoms with E-state index in [0.29, 0.717) is 12.5 Å². The molecule has 1 heterocycles. The molecule has 2 fully saturated rings. The van der Waals surface area contributed by atoms with Crippen molar-refractivity contribution in [1.29, 1.82) is 0 Å². The number of rotatable bonds is 2. The number of carbonyl (C=O) groups is 2. The van der Waals surface area contributed by atoms with Gasteiger partial charge in [0.2, 0.25) is 0 Å². The van der Waals surface area contributed by atoms with E-state index in [2.05, 4.69) is 11.7 Å². The van der Waals surface area contributed by atoms with E-state index in [0.717, 1.165) is 19.3 Å². The second-order valence-electron chi connectivity index (χ2n) is 5.81. The van der Waals surface area contributed by atoms with E-state index in [1.54, 1.807) is 0 Å². The predicted octanol–water partition coefficient (Wildman–Crippen LogP) is 2.45. The molecule has 4 nitrogen and oxygen atoms in total. The quantitative estimate of drug-likeness (QED) is 0.561. The molecule has 2 aliphatic rings. The average Bonchev–Trinajstić information content (AvgIpc) is 2.70. The third-order valence-electron chi connectivity index (χ3n) is 4.30. The number of hydrogen-bond donors (Lipinski definition) is 0. The fraction of sp³-hybridized carbons (Fsp3) is 0.857. The first-order chi connectivity index (χ1) is 8.51. The van der Waals surface area contributed by atoms with Gasteiger partial charge in [0.05, 0.1) is 18.6 Å². The van der Waals surface area contributed by atoms with Gasteiger partial charge in [-0.25, -0.2) is 0 Å². The van der Waals surface area contributed by atoms with Gasteiger partial charge in [-0.05, 0) is 31.1 Å². The minimum atomic E-state index is -0.531. The van der Waals surface area contributed by atoms with Crippen LogP contribution in [0.15, 0.2) is 0 Å². The Hall–Kier alpha value is -0.900. The molecule has 2 atom stereocenters. The number of hydrogen-bond acceptors (Lipinski definition) is 4. The first-order valence-corrected chi connectivity index (χ1v) is 6.86. The third-order valence-corrected chi connectivity index (χ3v) is 4.30. The molecule has 2 unspecified atom stereocenters. The van der Waals surface area contributed by atoms with Crippen molar-refractivity contribution in [3.63, 3.8) is 0 Å². The van der Waals surface area contributed by atoms with Gasteiger partial charge in [0, 0.05) is 6.92 Å². The third kappa shape index (κ3) is 3.10. The second-order valence-corrected chi connectivity index (χ2v) is 5.81. The SMILES string of the molecule is CC(=O)OC(=O)CC1COC2(CCCC2)CC1C. The van der Waals surface area contributed by atoms with Crippen LogP contribution >= 0.6 is 0 Å². The van der Waals surface area contributed by atoms with Crippen LogP contribution in [0, 0.1) is 11.8 Å². The van der Waals surface area contributed by atoms with E-state index in [9.17, 15) is 9.59 Å². The Labute approximate surface area is 108 Å². The number of esters is 2. The van der Waals surface area contributed by atoms with Gasteiger partial charge in [-0.15, -0.1) is 0 Å². The van der Waals surface area contributed by atoms with Gasteiger partial charge in [-0.2, -0.15) is 0 Å². The van der Waals surface area contributed by atoms with E-state index in [-0.39, 0.29) is 17.9 Å². The Morgan fingerprint density at radius 2 is 2.00 bits per heavy atom. The fourth-order valence-corrected chi connectivity index (χ4v) is 3.30. The molecular weight excluding hydrogens is 232 g/mol. The van der Waals surface area contributed by atoms with Gasteiger partial charge in [-0.3, -0.25) is 9.59 Å². The lowest BCUT2D eigenvalue weighted by atomic mass is 9.78. The van der Waals surface area contributed by atoms with Gasteiger partial charge in [0.25, 0.3) is 0 Å². The molecule has 0 radical (unpaired) electrons. The van der Waals surface area contributed by atoms with Crippen LogP contribution < -0.4 is 0 Å². The molecule has 18 heavy (non-hydrogen) atoms. The molecular formula is C14H22O4. The Balaban J connectivity index is 1.85. The van der Waals surface area contributed by atoms with Crippen molar-refractivity contribution in [2.75, 3.05) is 6.61 Å². The smallest absolute Gasteiger partial charge is 0.313 e.